The summed E-state index contributed by atoms with van der Waals surface area (Å²) < 4.78 is 0. The van der Waals surface area contributed by atoms with E-state index in [-0.39, 0.29) is 5.54 Å². The lowest BCUT2D eigenvalue weighted by Gasteiger charge is -2.29. The highest BCUT2D eigenvalue weighted by atomic mass is 32.2. The summed E-state index contributed by atoms with van der Waals surface area (Å²) in [6.45, 7) is 4.42. The minimum Gasteiger partial charge on any atom is -0.323 e. The molecule has 1 spiro atoms. The van der Waals surface area contributed by atoms with Crippen LogP contribution in [-0.4, -0.2) is 39.6 Å². The molecule has 2 saturated carbocycles. The molecule has 0 aromatic carbocycles. The summed E-state index contributed by atoms with van der Waals surface area (Å²) in [7, 11) is 0. The molecule has 3 fully saturated rings. The Morgan fingerprint density at radius 1 is 1.39 bits per heavy atom. The summed E-state index contributed by atoms with van der Waals surface area (Å²) in [5.41, 5.74) is -0.128. The SMILES string of the molecule is CCSC1CCC(N2C(=O)C3(CC3)NC2CC)C1. The molecule has 18 heavy (non-hydrogen) atoms. The summed E-state index contributed by atoms with van der Waals surface area (Å²) in [5.74, 6) is 1.60. The maximum absolute atomic E-state index is 12.6. The van der Waals surface area contributed by atoms with Gasteiger partial charge in [-0.25, -0.2) is 0 Å². The third-order valence-electron chi connectivity index (χ3n) is 4.71. The monoisotopic (exact) mass is 268 g/mol. The highest BCUT2D eigenvalue weighted by Gasteiger charge is 2.60. The van der Waals surface area contributed by atoms with Gasteiger partial charge < -0.3 is 4.90 Å². The topological polar surface area (TPSA) is 32.3 Å². The zero-order chi connectivity index (χ0) is 12.8. The normalized spacial score (nSPS) is 37.8. The van der Waals surface area contributed by atoms with Gasteiger partial charge in [-0.1, -0.05) is 13.8 Å². The predicted octanol–water partition coefficient (Wildman–Crippen LogP) is 2.36. The van der Waals surface area contributed by atoms with E-state index in [4.69, 9.17) is 0 Å². The number of nitrogens with one attached hydrogen (secondary N) is 1. The lowest BCUT2D eigenvalue weighted by Crippen LogP contribution is -2.43. The zero-order valence-electron chi connectivity index (χ0n) is 11.4. The van der Waals surface area contributed by atoms with Crippen molar-refractivity contribution in [2.75, 3.05) is 5.75 Å². The molecular formula is C14H24N2OS. The average Bonchev–Trinajstić information content (AvgIpc) is 2.91. The van der Waals surface area contributed by atoms with Crippen molar-refractivity contribution >= 4 is 17.7 Å². The van der Waals surface area contributed by atoms with Gasteiger partial charge in [0.15, 0.2) is 0 Å². The number of rotatable bonds is 4. The maximum atomic E-state index is 12.6. The van der Waals surface area contributed by atoms with E-state index in [0.29, 0.717) is 18.1 Å². The number of hydrogen-bond acceptors (Lipinski definition) is 3. The Balaban J connectivity index is 1.69. The van der Waals surface area contributed by atoms with Crippen molar-refractivity contribution in [1.82, 2.24) is 10.2 Å². The Kier molecular flexibility index (Phi) is 3.35. The third kappa shape index (κ3) is 1.97. The first-order chi connectivity index (χ1) is 8.70. The largest absolute Gasteiger partial charge is 0.323 e. The molecule has 0 aromatic rings. The lowest BCUT2D eigenvalue weighted by molar-refractivity contribution is -0.132. The van der Waals surface area contributed by atoms with Gasteiger partial charge in [0.25, 0.3) is 0 Å². The van der Waals surface area contributed by atoms with Crippen LogP contribution in [-0.2, 0) is 4.79 Å². The van der Waals surface area contributed by atoms with Gasteiger partial charge >= 0.3 is 0 Å². The van der Waals surface area contributed by atoms with E-state index in [9.17, 15) is 4.79 Å². The van der Waals surface area contributed by atoms with E-state index in [0.717, 1.165) is 24.5 Å². The van der Waals surface area contributed by atoms with E-state index in [2.05, 4.69) is 35.8 Å². The quantitative estimate of drug-likeness (QED) is 0.849. The molecule has 3 aliphatic rings. The molecular weight excluding hydrogens is 244 g/mol. The highest BCUT2D eigenvalue weighted by molar-refractivity contribution is 7.99. The van der Waals surface area contributed by atoms with Crippen molar-refractivity contribution in [2.24, 2.45) is 0 Å². The average molecular weight is 268 g/mol. The van der Waals surface area contributed by atoms with Crippen molar-refractivity contribution in [3.8, 4) is 0 Å². The first-order valence-electron chi connectivity index (χ1n) is 7.42. The van der Waals surface area contributed by atoms with Gasteiger partial charge in [-0.15, -0.1) is 0 Å². The Labute approximate surface area is 114 Å². The second kappa shape index (κ2) is 4.71. The molecule has 1 N–H and O–H groups in total. The Morgan fingerprint density at radius 3 is 2.78 bits per heavy atom. The second-order valence-corrected chi connectivity index (χ2v) is 7.48. The summed E-state index contributed by atoms with van der Waals surface area (Å²) in [6, 6.07) is 0.499. The maximum Gasteiger partial charge on any atom is 0.244 e. The number of thioether (sulfide) groups is 1. The third-order valence-corrected chi connectivity index (χ3v) is 5.94. The molecule has 4 heteroatoms. The van der Waals surface area contributed by atoms with Gasteiger partial charge in [-0.2, -0.15) is 11.8 Å². The fraction of sp³-hybridized carbons (Fsp3) is 0.929. The Morgan fingerprint density at radius 2 is 2.17 bits per heavy atom. The highest BCUT2D eigenvalue weighted by Crippen LogP contribution is 2.45. The molecule has 2 aliphatic carbocycles. The molecule has 1 aliphatic heterocycles. The number of carbonyl (C=O) groups excluding carboxylic acids is 1. The van der Waals surface area contributed by atoms with Crippen LogP contribution in [0.2, 0.25) is 0 Å². The lowest BCUT2D eigenvalue weighted by atomic mass is 10.2. The van der Waals surface area contributed by atoms with E-state index in [1.807, 2.05) is 0 Å². The van der Waals surface area contributed by atoms with E-state index in [1.165, 1.54) is 25.0 Å². The van der Waals surface area contributed by atoms with Gasteiger partial charge in [0, 0.05) is 11.3 Å². The van der Waals surface area contributed by atoms with Crippen molar-refractivity contribution in [1.29, 1.82) is 0 Å². The minimum atomic E-state index is -0.128. The fourth-order valence-corrected chi connectivity index (χ4v) is 4.73. The number of amides is 1. The van der Waals surface area contributed by atoms with Gasteiger partial charge in [-0.3, -0.25) is 10.1 Å². The summed E-state index contributed by atoms with van der Waals surface area (Å²) in [6.07, 6.45) is 7.15. The number of nitrogens with zero attached hydrogens (tertiary/aromatic N) is 1. The fourth-order valence-electron chi connectivity index (χ4n) is 3.60. The van der Waals surface area contributed by atoms with Crippen LogP contribution in [0.5, 0.6) is 0 Å². The van der Waals surface area contributed by atoms with Crippen LogP contribution >= 0.6 is 11.8 Å². The molecule has 102 valence electrons. The molecule has 1 amide bonds. The molecule has 1 heterocycles. The molecule has 3 atom stereocenters. The molecule has 0 bridgehead atoms. The zero-order valence-corrected chi connectivity index (χ0v) is 12.3. The van der Waals surface area contributed by atoms with E-state index in [1.54, 1.807) is 0 Å². The Bertz CT molecular complexity index is 343. The van der Waals surface area contributed by atoms with E-state index < -0.39 is 0 Å². The molecule has 0 aromatic heterocycles. The summed E-state index contributed by atoms with van der Waals surface area (Å²) in [5, 5.41) is 4.36. The molecule has 3 nitrogen and oxygen atoms in total. The van der Waals surface area contributed by atoms with Gasteiger partial charge in [0.1, 0.15) is 0 Å². The minimum absolute atomic E-state index is 0.128. The van der Waals surface area contributed by atoms with Crippen LogP contribution in [0.1, 0.15) is 52.4 Å². The van der Waals surface area contributed by atoms with Crippen LogP contribution in [0, 0.1) is 0 Å². The second-order valence-electron chi connectivity index (χ2n) is 5.91. The predicted molar refractivity (Wildman–Crippen MR) is 75.6 cm³/mol. The Hall–Kier alpha value is -0.220. The summed E-state index contributed by atoms with van der Waals surface area (Å²) in [4.78, 5) is 14.8. The first kappa shape index (κ1) is 12.8. The number of carbonyl (C=O) groups is 1. The van der Waals surface area contributed by atoms with Crippen molar-refractivity contribution in [3.63, 3.8) is 0 Å². The number of hydrogen-bond donors (Lipinski definition) is 1. The van der Waals surface area contributed by atoms with Gasteiger partial charge in [0.2, 0.25) is 5.91 Å². The van der Waals surface area contributed by atoms with Gasteiger partial charge in [-0.05, 0) is 44.3 Å². The summed E-state index contributed by atoms with van der Waals surface area (Å²) >= 11 is 2.07. The standard InChI is InChI=1S/C14H24N2OS/c1-3-12-15-14(7-8-14)13(17)16(12)10-5-6-11(9-10)18-4-2/h10-12,15H,3-9H2,1-2H3. The van der Waals surface area contributed by atoms with Crippen molar-refractivity contribution in [2.45, 2.75) is 75.4 Å². The first-order valence-corrected chi connectivity index (χ1v) is 8.47. The molecule has 3 unspecified atom stereocenters. The van der Waals surface area contributed by atoms with Crippen LogP contribution in [0.4, 0.5) is 0 Å². The van der Waals surface area contributed by atoms with Crippen LogP contribution in [0.15, 0.2) is 0 Å². The van der Waals surface area contributed by atoms with Gasteiger partial charge in [0.05, 0.1) is 11.7 Å². The van der Waals surface area contributed by atoms with Crippen molar-refractivity contribution in [3.05, 3.63) is 0 Å². The van der Waals surface area contributed by atoms with Crippen LogP contribution in [0.25, 0.3) is 0 Å². The molecule has 0 radical (unpaired) electrons. The molecule has 1 saturated heterocycles. The molecule has 3 rings (SSSR count). The van der Waals surface area contributed by atoms with Crippen molar-refractivity contribution < 1.29 is 4.79 Å². The van der Waals surface area contributed by atoms with E-state index >= 15 is 0 Å². The smallest absolute Gasteiger partial charge is 0.244 e. The van der Waals surface area contributed by atoms with Crippen LogP contribution < -0.4 is 5.32 Å². The van der Waals surface area contributed by atoms with Crippen LogP contribution in [0.3, 0.4) is 0 Å².